The first kappa shape index (κ1) is 11.4. The second-order valence-corrected chi connectivity index (χ2v) is 3.08. The first-order chi connectivity index (χ1) is 6.97. The van der Waals surface area contributed by atoms with Gasteiger partial charge in [-0.15, -0.1) is 0 Å². The lowest BCUT2D eigenvalue weighted by molar-refractivity contribution is 0.0696. The van der Waals surface area contributed by atoms with E-state index >= 15 is 0 Å². The van der Waals surface area contributed by atoms with Gasteiger partial charge in [0.05, 0.1) is 5.56 Å². The highest BCUT2D eigenvalue weighted by Gasteiger charge is 2.18. The number of benzene rings is 1. The first-order valence-electron chi connectivity index (χ1n) is 4.16. The molecule has 1 rings (SSSR count). The van der Waals surface area contributed by atoms with Crippen molar-refractivity contribution >= 4 is 24.8 Å². The van der Waals surface area contributed by atoms with Gasteiger partial charge in [-0.3, -0.25) is 4.79 Å². The Bertz CT molecular complexity index is 413. The minimum absolute atomic E-state index is 0.0138. The molecule has 0 heterocycles. The normalized spacial score (nSPS) is 9.80. The first-order valence-corrected chi connectivity index (χ1v) is 4.16. The summed E-state index contributed by atoms with van der Waals surface area (Å²) < 4.78 is 0. The third kappa shape index (κ3) is 2.23. The zero-order chi connectivity index (χ0) is 11.6. The van der Waals surface area contributed by atoms with Crippen molar-refractivity contribution in [1.82, 2.24) is 0 Å². The van der Waals surface area contributed by atoms with Crippen LogP contribution in [0.15, 0.2) is 12.1 Å². The second kappa shape index (κ2) is 4.25. The summed E-state index contributed by atoms with van der Waals surface area (Å²) in [6.45, 7) is 1.49. The van der Waals surface area contributed by atoms with Gasteiger partial charge >= 0.3 is 13.1 Å². The van der Waals surface area contributed by atoms with Gasteiger partial charge in [0.25, 0.3) is 0 Å². The molecule has 0 saturated heterocycles. The fourth-order valence-electron chi connectivity index (χ4n) is 1.25. The molecule has 3 N–H and O–H groups in total. The number of aldehydes is 1. The largest absolute Gasteiger partial charge is 0.488 e. The number of aromatic carboxylic acids is 1. The Hall–Kier alpha value is -1.66. The lowest BCUT2D eigenvalue weighted by Crippen LogP contribution is -2.31. The molecule has 5 nitrogen and oxygen atoms in total. The van der Waals surface area contributed by atoms with E-state index in [2.05, 4.69) is 0 Å². The summed E-state index contributed by atoms with van der Waals surface area (Å²) in [4.78, 5) is 21.4. The van der Waals surface area contributed by atoms with Crippen LogP contribution in [0.5, 0.6) is 0 Å². The Morgan fingerprint density at radius 2 is 2.00 bits per heavy atom. The van der Waals surface area contributed by atoms with Crippen LogP contribution in [0.2, 0.25) is 0 Å². The van der Waals surface area contributed by atoms with Crippen molar-refractivity contribution in [3.8, 4) is 0 Å². The van der Waals surface area contributed by atoms with Crippen molar-refractivity contribution in [1.29, 1.82) is 0 Å². The minimum Gasteiger partial charge on any atom is -0.478 e. The highest BCUT2D eigenvalue weighted by molar-refractivity contribution is 6.58. The Balaban J connectivity index is 3.45. The van der Waals surface area contributed by atoms with E-state index in [-0.39, 0.29) is 16.6 Å². The number of hydrogen-bond donors (Lipinski definition) is 3. The van der Waals surface area contributed by atoms with Crippen LogP contribution < -0.4 is 5.46 Å². The molecule has 0 amide bonds. The molecule has 0 aliphatic rings. The van der Waals surface area contributed by atoms with E-state index in [0.717, 1.165) is 6.07 Å². The van der Waals surface area contributed by atoms with Crippen LogP contribution in [0.3, 0.4) is 0 Å². The number of carbonyl (C=O) groups is 2. The van der Waals surface area contributed by atoms with Gasteiger partial charge in [0.2, 0.25) is 0 Å². The fraction of sp³-hybridized carbons (Fsp3) is 0.111. The Morgan fingerprint density at radius 3 is 2.40 bits per heavy atom. The molecular formula is C9H9BO5. The van der Waals surface area contributed by atoms with Crippen molar-refractivity contribution in [2.75, 3.05) is 0 Å². The second-order valence-electron chi connectivity index (χ2n) is 3.08. The van der Waals surface area contributed by atoms with Gasteiger partial charge in [-0.25, -0.2) is 4.79 Å². The molecule has 0 bridgehead atoms. The SMILES string of the molecule is Cc1c(C=O)cc(B(O)O)cc1C(=O)O. The summed E-state index contributed by atoms with van der Waals surface area (Å²) in [7, 11) is -1.79. The third-order valence-electron chi connectivity index (χ3n) is 2.13. The lowest BCUT2D eigenvalue weighted by atomic mass is 9.77. The van der Waals surface area contributed by atoms with E-state index in [1.54, 1.807) is 0 Å². The molecular weight excluding hydrogens is 199 g/mol. The van der Waals surface area contributed by atoms with Gasteiger partial charge < -0.3 is 15.2 Å². The summed E-state index contributed by atoms with van der Waals surface area (Å²) in [5, 5.41) is 26.6. The number of rotatable bonds is 3. The van der Waals surface area contributed by atoms with Crippen LogP contribution in [-0.2, 0) is 0 Å². The Morgan fingerprint density at radius 1 is 1.40 bits per heavy atom. The molecule has 15 heavy (non-hydrogen) atoms. The van der Waals surface area contributed by atoms with Crippen molar-refractivity contribution in [3.63, 3.8) is 0 Å². The van der Waals surface area contributed by atoms with Crippen molar-refractivity contribution < 1.29 is 24.7 Å². The van der Waals surface area contributed by atoms with Crippen LogP contribution in [-0.4, -0.2) is 34.5 Å². The number of carboxylic acids is 1. The van der Waals surface area contributed by atoms with E-state index in [9.17, 15) is 9.59 Å². The number of hydrogen-bond acceptors (Lipinski definition) is 4. The minimum atomic E-state index is -1.79. The van der Waals surface area contributed by atoms with Crippen molar-refractivity contribution in [2.45, 2.75) is 6.92 Å². The molecule has 78 valence electrons. The van der Waals surface area contributed by atoms with Gasteiger partial charge in [0.1, 0.15) is 6.29 Å². The average Bonchev–Trinajstić information content (AvgIpc) is 2.17. The molecule has 0 aromatic heterocycles. The van der Waals surface area contributed by atoms with E-state index in [0.29, 0.717) is 11.8 Å². The van der Waals surface area contributed by atoms with E-state index in [1.807, 2.05) is 0 Å². The summed E-state index contributed by atoms with van der Waals surface area (Å²) in [5.74, 6) is -1.21. The Labute approximate surface area is 86.1 Å². The maximum atomic E-state index is 10.8. The highest BCUT2D eigenvalue weighted by Crippen LogP contribution is 2.11. The topological polar surface area (TPSA) is 94.8 Å². The third-order valence-corrected chi connectivity index (χ3v) is 2.13. The standard InChI is InChI=1S/C9H9BO5/c1-5-6(4-11)2-7(10(14)15)3-8(5)9(12)13/h2-4,14-15H,1H3,(H,12,13). The van der Waals surface area contributed by atoms with Gasteiger partial charge in [-0.1, -0.05) is 6.07 Å². The predicted molar refractivity (Wildman–Crippen MR) is 53.4 cm³/mol. The summed E-state index contributed by atoms with van der Waals surface area (Å²) in [5.41, 5.74) is 0.322. The monoisotopic (exact) mass is 208 g/mol. The predicted octanol–water partition coefficient (Wildman–Crippen LogP) is -0.814. The van der Waals surface area contributed by atoms with Gasteiger partial charge in [-0.2, -0.15) is 0 Å². The molecule has 1 aromatic carbocycles. The maximum absolute atomic E-state index is 10.8. The summed E-state index contributed by atoms with van der Waals surface area (Å²) >= 11 is 0. The molecule has 0 fully saturated rings. The van der Waals surface area contributed by atoms with Gasteiger partial charge in [0, 0.05) is 5.56 Å². The smallest absolute Gasteiger partial charge is 0.478 e. The van der Waals surface area contributed by atoms with Crippen LogP contribution >= 0.6 is 0 Å². The quantitative estimate of drug-likeness (QED) is 0.445. The molecule has 6 heteroatoms. The molecule has 1 aromatic rings. The molecule has 0 atom stereocenters. The molecule has 0 saturated carbocycles. The molecule has 0 radical (unpaired) electrons. The van der Waals surface area contributed by atoms with Crippen LogP contribution in [0.1, 0.15) is 26.3 Å². The number of carbonyl (C=O) groups excluding carboxylic acids is 1. The zero-order valence-electron chi connectivity index (χ0n) is 7.97. The molecule has 0 aliphatic heterocycles. The van der Waals surface area contributed by atoms with E-state index in [1.165, 1.54) is 13.0 Å². The van der Waals surface area contributed by atoms with Crippen molar-refractivity contribution in [3.05, 3.63) is 28.8 Å². The number of carboxylic acid groups (broad SMARTS) is 1. The zero-order valence-corrected chi connectivity index (χ0v) is 7.97. The van der Waals surface area contributed by atoms with Crippen LogP contribution in [0.25, 0.3) is 0 Å². The van der Waals surface area contributed by atoms with E-state index < -0.39 is 13.1 Å². The van der Waals surface area contributed by atoms with Crippen LogP contribution in [0.4, 0.5) is 0 Å². The Kier molecular flexibility index (Phi) is 3.23. The highest BCUT2D eigenvalue weighted by atomic mass is 16.4. The van der Waals surface area contributed by atoms with Gasteiger partial charge in [-0.05, 0) is 24.0 Å². The molecule has 0 aliphatic carbocycles. The summed E-state index contributed by atoms with van der Waals surface area (Å²) in [6, 6.07) is 2.38. The average molecular weight is 208 g/mol. The lowest BCUT2D eigenvalue weighted by Gasteiger charge is -2.07. The van der Waals surface area contributed by atoms with Crippen molar-refractivity contribution in [2.24, 2.45) is 0 Å². The molecule has 0 unspecified atom stereocenters. The van der Waals surface area contributed by atoms with E-state index in [4.69, 9.17) is 15.2 Å². The van der Waals surface area contributed by atoms with Crippen LogP contribution in [0, 0.1) is 6.92 Å². The van der Waals surface area contributed by atoms with Gasteiger partial charge in [0.15, 0.2) is 0 Å². The summed E-state index contributed by atoms with van der Waals surface area (Å²) in [6.07, 6.45) is 0.480. The molecule has 0 spiro atoms. The maximum Gasteiger partial charge on any atom is 0.488 e. The fourth-order valence-corrected chi connectivity index (χ4v) is 1.25.